The lowest BCUT2D eigenvalue weighted by Gasteiger charge is -2.35. The van der Waals surface area contributed by atoms with Crippen LogP contribution in [-0.2, 0) is 7.05 Å². The highest BCUT2D eigenvalue weighted by Crippen LogP contribution is 2.34. The van der Waals surface area contributed by atoms with Crippen LogP contribution in [0.25, 0.3) is 33.4 Å². The normalized spacial score (nSPS) is 14.9. The quantitative estimate of drug-likeness (QED) is 0.272. The maximum Gasteiger partial charge on any atom is 0.272 e. The van der Waals surface area contributed by atoms with Crippen molar-refractivity contribution in [2.45, 2.75) is 25.8 Å². The smallest absolute Gasteiger partial charge is 0.272 e. The van der Waals surface area contributed by atoms with E-state index in [0.717, 1.165) is 46.1 Å². The largest absolute Gasteiger partial charge is 0.456 e. The predicted molar refractivity (Wildman–Crippen MR) is 157 cm³/mol. The summed E-state index contributed by atoms with van der Waals surface area (Å²) in [5, 5.41) is 18.2. The zero-order valence-electron chi connectivity index (χ0n) is 23.5. The van der Waals surface area contributed by atoms with Gasteiger partial charge in [-0.15, -0.1) is 10.2 Å². The number of carbonyl (C=O) groups is 1. The molecule has 6 aromatic rings. The Kier molecular flexibility index (Phi) is 6.58. The van der Waals surface area contributed by atoms with Crippen LogP contribution in [0.2, 0.25) is 0 Å². The fraction of sp³-hybridized carbons (Fsp3) is 0.250. The Labute approximate surface area is 242 Å². The molecular formula is C32H30N8O2. The summed E-state index contributed by atoms with van der Waals surface area (Å²) in [5.41, 5.74) is 5.28. The van der Waals surface area contributed by atoms with Crippen LogP contribution in [0.4, 0.5) is 0 Å². The number of tetrazole rings is 1. The first-order valence-electron chi connectivity index (χ1n) is 14.1. The second kappa shape index (κ2) is 10.7. The Bertz CT molecular complexity index is 1860. The molecule has 10 heteroatoms. The molecule has 1 unspecified atom stereocenters. The molecule has 1 saturated heterocycles. The van der Waals surface area contributed by atoms with Gasteiger partial charge in [-0.2, -0.15) is 9.90 Å². The Morgan fingerprint density at radius 2 is 1.81 bits per heavy atom. The highest BCUT2D eigenvalue weighted by atomic mass is 16.3. The lowest BCUT2D eigenvalue weighted by molar-refractivity contribution is 0.0658. The molecule has 1 atom stereocenters. The first kappa shape index (κ1) is 25.8. The van der Waals surface area contributed by atoms with E-state index in [2.05, 4.69) is 43.7 Å². The number of pyridine rings is 1. The topological polar surface area (TPSA) is 108 Å². The molecule has 1 fully saturated rings. The summed E-state index contributed by atoms with van der Waals surface area (Å²) < 4.78 is 7.95. The number of rotatable bonds is 6. The first-order chi connectivity index (χ1) is 20.5. The van der Waals surface area contributed by atoms with E-state index in [0.29, 0.717) is 30.4 Å². The molecule has 1 aliphatic heterocycles. The Balaban J connectivity index is 1.08. The highest BCUT2D eigenvalue weighted by Gasteiger charge is 2.32. The fourth-order valence-corrected chi connectivity index (χ4v) is 5.88. The minimum Gasteiger partial charge on any atom is -0.456 e. The van der Waals surface area contributed by atoms with Crippen molar-refractivity contribution in [3.63, 3.8) is 0 Å². The summed E-state index contributed by atoms with van der Waals surface area (Å²) in [5.74, 6) is 1.55. The number of furan rings is 1. The molecule has 0 spiro atoms. The molecule has 0 bridgehead atoms. The first-order valence-corrected chi connectivity index (χ1v) is 14.1. The molecule has 5 heterocycles. The minimum atomic E-state index is -0.0729. The lowest BCUT2D eigenvalue weighted by atomic mass is 9.85. The van der Waals surface area contributed by atoms with Crippen molar-refractivity contribution in [1.82, 2.24) is 39.9 Å². The third-order valence-corrected chi connectivity index (χ3v) is 8.01. The molecule has 0 radical (unpaired) electrons. The second-order valence-electron chi connectivity index (χ2n) is 10.8. The maximum absolute atomic E-state index is 13.6. The third kappa shape index (κ3) is 4.96. The molecule has 7 rings (SSSR count). The number of carbonyl (C=O) groups excluding carboxylic acids is 1. The van der Waals surface area contributed by atoms with Crippen LogP contribution in [0, 0.1) is 12.8 Å². The van der Waals surface area contributed by atoms with Crippen molar-refractivity contribution in [3.05, 3.63) is 102 Å². The van der Waals surface area contributed by atoms with Crippen molar-refractivity contribution in [2.24, 2.45) is 13.0 Å². The summed E-state index contributed by atoms with van der Waals surface area (Å²) in [7, 11) is 1.90. The highest BCUT2D eigenvalue weighted by molar-refractivity contribution is 5.94. The summed E-state index contributed by atoms with van der Waals surface area (Å²) in [6.45, 7) is 3.11. The van der Waals surface area contributed by atoms with Gasteiger partial charge in [-0.25, -0.2) is 0 Å². The van der Waals surface area contributed by atoms with Crippen molar-refractivity contribution in [1.29, 1.82) is 0 Å². The Morgan fingerprint density at radius 3 is 2.55 bits per heavy atom. The summed E-state index contributed by atoms with van der Waals surface area (Å²) >= 11 is 0. The summed E-state index contributed by atoms with van der Waals surface area (Å²) in [6.07, 6.45) is 7.16. The predicted octanol–water partition coefficient (Wildman–Crippen LogP) is 5.33. The van der Waals surface area contributed by atoms with Gasteiger partial charge in [0, 0.05) is 49.0 Å². The number of likely N-dealkylation sites (tertiary alicyclic amines) is 1. The van der Waals surface area contributed by atoms with Gasteiger partial charge in [0.25, 0.3) is 5.91 Å². The Morgan fingerprint density at radius 1 is 0.976 bits per heavy atom. The van der Waals surface area contributed by atoms with Gasteiger partial charge in [-0.1, -0.05) is 36.4 Å². The van der Waals surface area contributed by atoms with Crippen molar-refractivity contribution < 1.29 is 9.21 Å². The average Bonchev–Trinajstić information content (AvgIpc) is 3.77. The second-order valence-corrected chi connectivity index (χ2v) is 10.8. The van der Waals surface area contributed by atoms with Gasteiger partial charge < -0.3 is 9.32 Å². The lowest BCUT2D eigenvalue weighted by Crippen LogP contribution is -2.41. The van der Waals surface area contributed by atoms with E-state index in [1.165, 1.54) is 0 Å². The number of benzene rings is 2. The molecule has 0 aliphatic carbocycles. The number of piperidine rings is 1. The van der Waals surface area contributed by atoms with Crippen LogP contribution >= 0.6 is 0 Å². The van der Waals surface area contributed by atoms with Crippen molar-refractivity contribution in [2.75, 3.05) is 13.1 Å². The van der Waals surface area contributed by atoms with E-state index in [1.807, 2.05) is 79.8 Å². The third-order valence-electron chi connectivity index (χ3n) is 8.01. The molecule has 10 nitrogen and oxygen atoms in total. The molecule has 210 valence electrons. The molecule has 1 aliphatic rings. The van der Waals surface area contributed by atoms with E-state index in [1.54, 1.807) is 15.7 Å². The van der Waals surface area contributed by atoms with Gasteiger partial charge in [-0.3, -0.25) is 14.5 Å². The van der Waals surface area contributed by atoms with E-state index in [-0.39, 0.29) is 17.9 Å². The van der Waals surface area contributed by atoms with Crippen molar-refractivity contribution in [3.8, 4) is 22.5 Å². The molecule has 2 aromatic carbocycles. The van der Waals surface area contributed by atoms with Crippen LogP contribution in [0.1, 0.15) is 40.8 Å². The molecular weight excluding hydrogens is 528 g/mol. The van der Waals surface area contributed by atoms with Crippen LogP contribution in [0.3, 0.4) is 0 Å². The van der Waals surface area contributed by atoms with Crippen molar-refractivity contribution >= 4 is 16.9 Å². The molecule has 1 amide bonds. The number of amides is 1. The van der Waals surface area contributed by atoms with Gasteiger partial charge in [0.05, 0.1) is 6.20 Å². The number of fused-ring (bicyclic) bond motifs is 1. The van der Waals surface area contributed by atoms with Gasteiger partial charge in [0.1, 0.15) is 23.1 Å². The Hall–Kier alpha value is -5.12. The molecule has 0 N–H and O–H groups in total. The van der Waals surface area contributed by atoms with E-state index in [4.69, 9.17) is 4.42 Å². The van der Waals surface area contributed by atoms with Gasteiger partial charge in [0.15, 0.2) is 5.82 Å². The van der Waals surface area contributed by atoms with E-state index < -0.39 is 0 Å². The summed E-state index contributed by atoms with van der Waals surface area (Å²) in [6, 6.07) is 22.1. The minimum absolute atomic E-state index is 0.0298. The van der Waals surface area contributed by atoms with Gasteiger partial charge >= 0.3 is 0 Å². The number of nitrogens with zero attached hydrogens (tertiary/aromatic N) is 8. The average molecular weight is 559 g/mol. The van der Waals surface area contributed by atoms with Gasteiger partial charge in [-0.05, 0) is 72.4 Å². The standard InChI is InChI=1S/C32H30N8O2/c1-21-35-37-40(36-21)31(22-6-4-3-5-7-22)23-11-14-39(15-12-23)32(41)28-17-25(10-13-33-28)30-18-26-16-24(8-9-29(26)42-30)27-19-34-38(2)20-27/h3-10,13,16-20,23,31H,11-12,14-15H2,1-2H3. The van der Waals surface area contributed by atoms with Crippen LogP contribution < -0.4 is 0 Å². The number of hydrogen-bond acceptors (Lipinski definition) is 7. The molecule has 4 aromatic heterocycles. The summed E-state index contributed by atoms with van der Waals surface area (Å²) in [4.78, 5) is 21.6. The SMILES string of the molecule is Cc1nnn(C(c2ccccc2)C2CCN(C(=O)c3cc(-c4cc5cc(-c6cnn(C)c6)ccc5o4)ccn3)CC2)n1. The van der Waals surface area contributed by atoms with Crippen LogP contribution in [0.15, 0.2) is 89.7 Å². The van der Waals surface area contributed by atoms with E-state index in [9.17, 15) is 4.79 Å². The zero-order chi connectivity index (χ0) is 28.6. The molecule has 42 heavy (non-hydrogen) atoms. The van der Waals surface area contributed by atoms with Crippen LogP contribution in [0.5, 0.6) is 0 Å². The van der Waals surface area contributed by atoms with Crippen LogP contribution in [-0.4, -0.2) is 58.9 Å². The maximum atomic E-state index is 13.6. The monoisotopic (exact) mass is 558 g/mol. The van der Waals surface area contributed by atoms with Gasteiger partial charge in [0.2, 0.25) is 0 Å². The fourth-order valence-electron chi connectivity index (χ4n) is 5.88. The number of aryl methyl sites for hydroxylation is 2. The zero-order valence-corrected chi connectivity index (χ0v) is 23.5. The number of aromatic nitrogens is 7. The molecule has 0 saturated carbocycles. The van der Waals surface area contributed by atoms with E-state index >= 15 is 0 Å². The number of hydrogen-bond donors (Lipinski definition) is 0.